The molecular weight excluding hydrogens is 312 g/mol. The van der Waals surface area contributed by atoms with Gasteiger partial charge in [-0.3, -0.25) is 4.79 Å². The van der Waals surface area contributed by atoms with Gasteiger partial charge in [-0.15, -0.1) is 0 Å². The standard InChI is InChI=1S/C15H13ClO4S/c1-20-13-5-7-14(8-6-13)21(18,19)10-15(17)11-3-2-4-12(16)9-11/h2-9H,10H2,1H3. The average molecular weight is 325 g/mol. The van der Waals surface area contributed by atoms with Crippen LogP contribution in [0.2, 0.25) is 5.02 Å². The van der Waals surface area contributed by atoms with Crippen molar-refractivity contribution in [2.45, 2.75) is 4.90 Å². The molecule has 0 spiro atoms. The number of carbonyl (C=O) groups is 1. The third-order valence-electron chi connectivity index (χ3n) is 2.89. The van der Waals surface area contributed by atoms with Gasteiger partial charge in [-0.25, -0.2) is 8.42 Å². The summed E-state index contributed by atoms with van der Waals surface area (Å²) < 4.78 is 29.4. The molecule has 0 N–H and O–H groups in total. The molecule has 0 amide bonds. The molecule has 0 aromatic heterocycles. The Morgan fingerprint density at radius 3 is 2.38 bits per heavy atom. The highest BCUT2D eigenvalue weighted by Crippen LogP contribution is 2.18. The number of rotatable bonds is 5. The third-order valence-corrected chi connectivity index (χ3v) is 4.75. The van der Waals surface area contributed by atoms with Gasteiger partial charge >= 0.3 is 0 Å². The molecule has 0 unspecified atom stereocenters. The van der Waals surface area contributed by atoms with E-state index in [4.69, 9.17) is 16.3 Å². The first-order valence-corrected chi connectivity index (χ1v) is 8.11. The number of hydrogen-bond acceptors (Lipinski definition) is 4. The zero-order valence-electron chi connectivity index (χ0n) is 11.2. The van der Waals surface area contributed by atoms with Crippen LogP contribution in [0.3, 0.4) is 0 Å². The van der Waals surface area contributed by atoms with Gasteiger partial charge in [0.2, 0.25) is 0 Å². The van der Waals surface area contributed by atoms with E-state index < -0.39 is 21.4 Å². The van der Waals surface area contributed by atoms with Crippen molar-refractivity contribution < 1.29 is 17.9 Å². The number of sulfone groups is 1. The van der Waals surface area contributed by atoms with E-state index in [0.717, 1.165) is 0 Å². The van der Waals surface area contributed by atoms with E-state index in [1.165, 1.54) is 43.5 Å². The number of ether oxygens (including phenoxy) is 1. The molecule has 0 saturated heterocycles. The summed E-state index contributed by atoms with van der Waals surface area (Å²) in [5.74, 6) is -0.539. The van der Waals surface area contributed by atoms with Crippen molar-refractivity contribution >= 4 is 27.2 Å². The van der Waals surface area contributed by atoms with Crippen LogP contribution in [0.5, 0.6) is 5.75 Å². The number of hydrogen-bond donors (Lipinski definition) is 0. The van der Waals surface area contributed by atoms with Gasteiger partial charge in [-0.1, -0.05) is 23.7 Å². The predicted molar refractivity (Wildman–Crippen MR) is 80.8 cm³/mol. The molecular formula is C15H13ClO4S. The molecule has 2 aromatic carbocycles. The minimum atomic E-state index is -3.69. The Hall–Kier alpha value is -1.85. The van der Waals surface area contributed by atoms with Crippen LogP contribution in [-0.4, -0.2) is 27.1 Å². The second-order valence-corrected chi connectivity index (χ2v) is 6.79. The molecule has 2 aromatic rings. The van der Waals surface area contributed by atoms with Gasteiger partial charge in [-0.05, 0) is 36.4 Å². The number of carbonyl (C=O) groups excluding carboxylic acids is 1. The molecule has 4 nitrogen and oxygen atoms in total. The number of ketones is 1. The summed E-state index contributed by atoms with van der Waals surface area (Å²) in [6.07, 6.45) is 0. The minimum Gasteiger partial charge on any atom is -0.497 e. The Balaban J connectivity index is 2.22. The first-order chi connectivity index (χ1) is 9.92. The van der Waals surface area contributed by atoms with Crippen molar-refractivity contribution in [1.82, 2.24) is 0 Å². The Morgan fingerprint density at radius 2 is 1.81 bits per heavy atom. The summed E-state index contributed by atoms with van der Waals surface area (Å²) in [6.45, 7) is 0. The first-order valence-electron chi connectivity index (χ1n) is 6.08. The largest absolute Gasteiger partial charge is 0.497 e. The van der Waals surface area contributed by atoms with E-state index in [0.29, 0.717) is 10.8 Å². The molecule has 0 aliphatic carbocycles. The van der Waals surface area contributed by atoms with Crippen molar-refractivity contribution in [3.63, 3.8) is 0 Å². The number of benzene rings is 2. The summed E-state index contributed by atoms with van der Waals surface area (Å²) in [5, 5.41) is 0.391. The maximum absolute atomic E-state index is 12.2. The minimum absolute atomic E-state index is 0.0821. The van der Waals surface area contributed by atoms with Crippen molar-refractivity contribution in [1.29, 1.82) is 0 Å². The highest BCUT2D eigenvalue weighted by atomic mass is 35.5. The summed E-state index contributed by atoms with van der Waals surface area (Å²) in [7, 11) is -2.20. The van der Waals surface area contributed by atoms with Crippen molar-refractivity contribution in [2.24, 2.45) is 0 Å². The Morgan fingerprint density at radius 1 is 1.14 bits per heavy atom. The Labute approximate surface area is 128 Å². The normalized spacial score (nSPS) is 11.1. The Kier molecular flexibility index (Phi) is 4.65. The molecule has 0 saturated carbocycles. The Bertz CT molecular complexity index is 751. The monoisotopic (exact) mass is 324 g/mol. The lowest BCUT2D eigenvalue weighted by Gasteiger charge is -2.06. The molecule has 0 aliphatic heterocycles. The quantitative estimate of drug-likeness (QED) is 0.793. The number of methoxy groups -OCH3 is 1. The maximum atomic E-state index is 12.2. The van der Waals surface area contributed by atoms with Gasteiger partial charge in [0.1, 0.15) is 11.5 Å². The molecule has 0 fully saturated rings. The fraction of sp³-hybridized carbons (Fsp3) is 0.133. The van der Waals surface area contributed by atoms with Crippen LogP contribution >= 0.6 is 11.6 Å². The van der Waals surface area contributed by atoms with Gasteiger partial charge in [0.25, 0.3) is 0 Å². The highest BCUT2D eigenvalue weighted by Gasteiger charge is 2.20. The molecule has 0 atom stereocenters. The third kappa shape index (κ3) is 3.83. The van der Waals surface area contributed by atoms with Crippen LogP contribution in [0.15, 0.2) is 53.4 Å². The predicted octanol–water partition coefficient (Wildman–Crippen LogP) is 3.01. The van der Waals surface area contributed by atoms with Crippen molar-refractivity contribution in [3.05, 3.63) is 59.1 Å². The lowest BCUT2D eigenvalue weighted by Crippen LogP contribution is -2.16. The topological polar surface area (TPSA) is 60.4 Å². The van der Waals surface area contributed by atoms with Crippen molar-refractivity contribution in [2.75, 3.05) is 12.9 Å². The van der Waals surface area contributed by atoms with Crippen LogP contribution in [0.4, 0.5) is 0 Å². The maximum Gasteiger partial charge on any atom is 0.185 e. The van der Waals surface area contributed by atoms with E-state index in [9.17, 15) is 13.2 Å². The molecule has 0 radical (unpaired) electrons. The van der Waals surface area contributed by atoms with E-state index >= 15 is 0 Å². The summed E-state index contributed by atoms with van der Waals surface area (Å²) in [5.41, 5.74) is 0.277. The van der Waals surface area contributed by atoms with Gasteiger partial charge in [0, 0.05) is 10.6 Å². The molecule has 6 heteroatoms. The fourth-order valence-electron chi connectivity index (χ4n) is 1.78. The van der Waals surface area contributed by atoms with E-state index in [1.807, 2.05) is 0 Å². The van der Waals surface area contributed by atoms with Gasteiger partial charge in [0.15, 0.2) is 15.6 Å². The van der Waals surface area contributed by atoms with Crippen LogP contribution in [-0.2, 0) is 9.84 Å². The van der Waals surface area contributed by atoms with Gasteiger partial charge in [0.05, 0.1) is 12.0 Å². The summed E-state index contributed by atoms with van der Waals surface area (Å²) in [4.78, 5) is 12.1. The van der Waals surface area contributed by atoms with Crippen molar-refractivity contribution in [3.8, 4) is 5.75 Å². The van der Waals surface area contributed by atoms with E-state index in [1.54, 1.807) is 12.1 Å². The zero-order chi connectivity index (χ0) is 15.5. The smallest absolute Gasteiger partial charge is 0.185 e. The van der Waals surface area contributed by atoms with Gasteiger partial charge < -0.3 is 4.74 Å². The summed E-state index contributed by atoms with van der Waals surface area (Å²) >= 11 is 5.79. The molecule has 0 heterocycles. The second-order valence-electron chi connectivity index (χ2n) is 4.37. The van der Waals surface area contributed by atoms with Crippen LogP contribution in [0.25, 0.3) is 0 Å². The lowest BCUT2D eigenvalue weighted by molar-refractivity contribution is 0.102. The lowest BCUT2D eigenvalue weighted by atomic mass is 10.1. The molecule has 0 aliphatic rings. The zero-order valence-corrected chi connectivity index (χ0v) is 12.8. The number of halogens is 1. The first kappa shape index (κ1) is 15.5. The van der Waals surface area contributed by atoms with Crippen LogP contribution < -0.4 is 4.74 Å². The molecule has 110 valence electrons. The van der Waals surface area contributed by atoms with Crippen LogP contribution in [0.1, 0.15) is 10.4 Å². The fourth-order valence-corrected chi connectivity index (χ4v) is 3.20. The van der Waals surface area contributed by atoms with Crippen LogP contribution in [0, 0.1) is 0 Å². The average Bonchev–Trinajstić information content (AvgIpc) is 2.47. The molecule has 21 heavy (non-hydrogen) atoms. The summed E-state index contributed by atoms with van der Waals surface area (Å²) in [6, 6.07) is 12.1. The highest BCUT2D eigenvalue weighted by molar-refractivity contribution is 7.92. The van der Waals surface area contributed by atoms with E-state index in [-0.39, 0.29) is 10.5 Å². The molecule has 0 bridgehead atoms. The number of Topliss-reactive ketones (excluding diaryl/α,β-unsaturated/α-hetero) is 1. The van der Waals surface area contributed by atoms with Gasteiger partial charge in [-0.2, -0.15) is 0 Å². The second kappa shape index (κ2) is 6.28. The van der Waals surface area contributed by atoms with E-state index in [2.05, 4.69) is 0 Å². The SMILES string of the molecule is COc1ccc(S(=O)(=O)CC(=O)c2cccc(Cl)c2)cc1. The molecule has 2 rings (SSSR count).